The number of halogens is 1. The lowest BCUT2D eigenvalue weighted by Crippen LogP contribution is -2.27. The normalized spacial score (nSPS) is 25.5. The molecule has 82 valence electrons. The number of ether oxygens (including phenoxy) is 1. The van der Waals surface area contributed by atoms with Crippen LogP contribution in [0.3, 0.4) is 0 Å². The summed E-state index contributed by atoms with van der Waals surface area (Å²) in [5.74, 6) is -0.383. The van der Waals surface area contributed by atoms with Crippen LogP contribution in [0.25, 0.3) is 0 Å². The van der Waals surface area contributed by atoms with Gasteiger partial charge in [-0.2, -0.15) is 0 Å². The monoisotopic (exact) mass is 210 g/mol. The fraction of sp³-hybridized carbons (Fsp3) is 0.455. The lowest BCUT2D eigenvalue weighted by molar-refractivity contribution is 0.121. The van der Waals surface area contributed by atoms with E-state index in [0.29, 0.717) is 5.69 Å². The van der Waals surface area contributed by atoms with Crippen LogP contribution in [-0.2, 0) is 4.74 Å². The van der Waals surface area contributed by atoms with Gasteiger partial charge in [0.15, 0.2) is 0 Å². The first-order chi connectivity index (χ1) is 7.18. The Bertz CT molecular complexity index is 356. The zero-order valence-electron chi connectivity index (χ0n) is 8.66. The Kier molecular flexibility index (Phi) is 2.77. The molecule has 1 saturated heterocycles. The Morgan fingerprint density at radius 3 is 3.00 bits per heavy atom. The van der Waals surface area contributed by atoms with Gasteiger partial charge in [0.1, 0.15) is 5.82 Å². The molecule has 3 nitrogen and oxygen atoms in total. The van der Waals surface area contributed by atoms with E-state index >= 15 is 0 Å². The summed E-state index contributed by atoms with van der Waals surface area (Å²) in [6, 6.07) is 5.00. The minimum absolute atomic E-state index is 0.146. The Morgan fingerprint density at radius 2 is 2.33 bits per heavy atom. The van der Waals surface area contributed by atoms with Crippen LogP contribution in [0.4, 0.5) is 15.8 Å². The fourth-order valence-corrected chi connectivity index (χ4v) is 1.78. The highest BCUT2D eigenvalue weighted by molar-refractivity contribution is 5.66. The Balaban J connectivity index is 2.13. The SMILES string of the molecule is CC1OCCC1Nc1cccc(F)c1N. The molecule has 3 N–H and O–H groups in total. The fourth-order valence-electron chi connectivity index (χ4n) is 1.78. The van der Waals surface area contributed by atoms with Crippen LogP contribution in [0.15, 0.2) is 18.2 Å². The first kappa shape index (κ1) is 10.2. The summed E-state index contributed by atoms with van der Waals surface area (Å²) in [5.41, 5.74) is 6.46. The predicted octanol–water partition coefficient (Wildman–Crippen LogP) is 2.00. The van der Waals surface area contributed by atoms with Crippen molar-refractivity contribution in [2.75, 3.05) is 17.7 Å². The molecule has 0 amide bonds. The molecule has 0 saturated carbocycles. The first-order valence-corrected chi connectivity index (χ1v) is 5.10. The van der Waals surface area contributed by atoms with E-state index in [4.69, 9.17) is 10.5 Å². The summed E-state index contributed by atoms with van der Waals surface area (Å²) < 4.78 is 18.6. The molecule has 0 aliphatic carbocycles. The molecule has 1 aliphatic rings. The number of nitrogens with two attached hydrogens (primary N) is 1. The van der Waals surface area contributed by atoms with Crippen LogP contribution >= 0.6 is 0 Å². The van der Waals surface area contributed by atoms with E-state index in [1.165, 1.54) is 6.07 Å². The van der Waals surface area contributed by atoms with E-state index in [-0.39, 0.29) is 23.7 Å². The largest absolute Gasteiger partial charge is 0.395 e. The summed E-state index contributed by atoms with van der Waals surface area (Å²) in [7, 11) is 0. The number of hydrogen-bond donors (Lipinski definition) is 2. The van der Waals surface area contributed by atoms with E-state index in [2.05, 4.69) is 5.32 Å². The summed E-state index contributed by atoms with van der Waals surface area (Å²) in [5, 5.41) is 3.21. The third-order valence-corrected chi connectivity index (χ3v) is 2.77. The highest BCUT2D eigenvalue weighted by Crippen LogP contribution is 2.25. The number of para-hydroxylation sites is 1. The van der Waals surface area contributed by atoms with Gasteiger partial charge in [-0.15, -0.1) is 0 Å². The zero-order chi connectivity index (χ0) is 10.8. The van der Waals surface area contributed by atoms with Crippen molar-refractivity contribution in [3.8, 4) is 0 Å². The van der Waals surface area contributed by atoms with Gasteiger partial charge < -0.3 is 15.8 Å². The zero-order valence-corrected chi connectivity index (χ0v) is 8.66. The second-order valence-corrected chi connectivity index (χ2v) is 3.82. The molecule has 2 atom stereocenters. The molecule has 0 radical (unpaired) electrons. The highest BCUT2D eigenvalue weighted by atomic mass is 19.1. The van der Waals surface area contributed by atoms with Gasteiger partial charge in [-0.25, -0.2) is 4.39 Å². The minimum atomic E-state index is -0.383. The molecule has 2 rings (SSSR count). The second-order valence-electron chi connectivity index (χ2n) is 3.82. The first-order valence-electron chi connectivity index (χ1n) is 5.10. The maximum Gasteiger partial charge on any atom is 0.148 e. The predicted molar refractivity (Wildman–Crippen MR) is 58.3 cm³/mol. The lowest BCUT2D eigenvalue weighted by atomic mass is 10.1. The van der Waals surface area contributed by atoms with Gasteiger partial charge in [0.05, 0.1) is 23.5 Å². The molecule has 4 heteroatoms. The summed E-state index contributed by atoms with van der Waals surface area (Å²) in [6.07, 6.45) is 1.07. The van der Waals surface area contributed by atoms with Gasteiger partial charge in [0.25, 0.3) is 0 Å². The molecule has 2 unspecified atom stereocenters. The van der Waals surface area contributed by atoms with Crippen molar-refractivity contribution in [2.45, 2.75) is 25.5 Å². The summed E-state index contributed by atoms with van der Waals surface area (Å²) >= 11 is 0. The maximum absolute atomic E-state index is 13.2. The molecular weight excluding hydrogens is 195 g/mol. The maximum atomic E-state index is 13.2. The molecule has 0 bridgehead atoms. The van der Waals surface area contributed by atoms with Gasteiger partial charge in [-0.1, -0.05) is 6.07 Å². The van der Waals surface area contributed by atoms with Crippen LogP contribution in [0.1, 0.15) is 13.3 Å². The Hall–Kier alpha value is -1.29. The molecular formula is C11H15FN2O. The summed E-state index contributed by atoms with van der Waals surface area (Å²) in [4.78, 5) is 0. The van der Waals surface area contributed by atoms with Crippen LogP contribution in [-0.4, -0.2) is 18.8 Å². The topological polar surface area (TPSA) is 47.3 Å². The van der Waals surface area contributed by atoms with Crippen molar-refractivity contribution in [2.24, 2.45) is 0 Å². The molecule has 1 aromatic rings. The van der Waals surface area contributed by atoms with E-state index in [9.17, 15) is 4.39 Å². The molecule has 0 spiro atoms. The smallest absolute Gasteiger partial charge is 0.148 e. The second kappa shape index (κ2) is 4.06. The average molecular weight is 210 g/mol. The van der Waals surface area contributed by atoms with Crippen molar-refractivity contribution < 1.29 is 9.13 Å². The van der Waals surface area contributed by atoms with Crippen LogP contribution in [0.2, 0.25) is 0 Å². The molecule has 0 aromatic heterocycles. The number of hydrogen-bond acceptors (Lipinski definition) is 3. The summed E-state index contributed by atoms with van der Waals surface area (Å²) in [6.45, 7) is 2.74. The molecule has 1 fully saturated rings. The third kappa shape index (κ3) is 2.04. The number of benzene rings is 1. The van der Waals surface area contributed by atoms with Crippen molar-refractivity contribution in [1.29, 1.82) is 0 Å². The van der Waals surface area contributed by atoms with Gasteiger partial charge in [0.2, 0.25) is 0 Å². The van der Waals surface area contributed by atoms with E-state index in [0.717, 1.165) is 13.0 Å². The molecule has 1 aromatic carbocycles. The number of rotatable bonds is 2. The standard InChI is InChI=1S/C11H15FN2O/c1-7-9(5-6-15-7)14-10-4-2-3-8(12)11(10)13/h2-4,7,9,14H,5-6,13H2,1H3. The number of nitrogen functional groups attached to an aromatic ring is 1. The lowest BCUT2D eigenvalue weighted by Gasteiger charge is -2.18. The van der Waals surface area contributed by atoms with Crippen molar-refractivity contribution in [3.63, 3.8) is 0 Å². The van der Waals surface area contributed by atoms with Gasteiger partial charge >= 0.3 is 0 Å². The van der Waals surface area contributed by atoms with E-state index in [1.54, 1.807) is 12.1 Å². The van der Waals surface area contributed by atoms with E-state index in [1.807, 2.05) is 6.92 Å². The van der Waals surface area contributed by atoms with Crippen LogP contribution in [0, 0.1) is 5.82 Å². The average Bonchev–Trinajstić information content (AvgIpc) is 2.60. The number of anilines is 2. The molecule has 15 heavy (non-hydrogen) atoms. The van der Waals surface area contributed by atoms with Crippen LogP contribution in [0.5, 0.6) is 0 Å². The van der Waals surface area contributed by atoms with Crippen molar-refractivity contribution in [3.05, 3.63) is 24.0 Å². The van der Waals surface area contributed by atoms with E-state index < -0.39 is 0 Å². The van der Waals surface area contributed by atoms with Gasteiger partial charge in [-0.05, 0) is 25.5 Å². The minimum Gasteiger partial charge on any atom is -0.395 e. The van der Waals surface area contributed by atoms with Gasteiger partial charge in [-0.3, -0.25) is 0 Å². The molecule has 1 aliphatic heterocycles. The van der Waals surface area contributed by atoms with Gasteiger partial charge in [0, 0.05) is 6.61 Å². The Labute approximate surface area is 88.4 Å². The number of nitrogens with one attached hydrogen (secondary N) is 1. The Morgan fingerprint density at radius 1 is 1.53 bits per heavy atom. The third-order valence-electron chi connectivity index (χ3n) is 2.77. The highest BCUT2D eigenvalue weighted by Gasteiger charge is 2.24. The van der Waals surface area contributed by atoms with Crippen LogP contribution < -0.4 is 11.1 Å². The quantitative estimate of drug-likeness (QED) is 0.734. The van der Waals surface area contributed by atoms with Crippen molar-refractivity contribution >= 4 is 11.4 Å². The van der Waals surface area contributed by atoms with Crippen molar-refractivity contribution in [1.82, 2.24) is 0 Å². The molecule has 1 heterocycles.